The summed E-state index contributed by atoms with van der Waals surface area (Å²) >= 11 is 1.41. The van der Waals surface area contributed by atoms with E-state index in [4.69, 9.17) is 0 Å². The quantitative estimate of drug-likeness (QED) is 0.809. The lowest BCUT2D eigenvalue weighted by atomic mass is 10.2. The first-order chi connectivity index (χ1) is 9.50. The first-order valence-corrected chi connectivity index (χ1v) is 7.30. The van der Waals surface area contributed by atoms with Crippen molar-refractivity contribution in [2.24, 2.45) is 0 Å². The maximum atomic E-state index is 11.7. The average molecular weight is 290 g/mol. The number of amides is 1. The van der Waals surface area contributed by atoms with Crippen LogP contribution in [0.3, 0.4) is 0 Å². The lowest BCUT2D eigenvalue weighted by Crippen LogP contribution is -2.23. The van der Waals surface area contributed by atoms with Crippen molar-refractivity contribution in [3.63, 3.8) is 0 Å². The minimum Gasteiger partial charge on any atom is -0.348 e. The van der Waals surface area contributed by atoms with Gasteiger partial charge < -0.3 is 4.90 Å². The summed E-state index contributed by atoms with van der Waals surface area (Å²) in [6.07, 6.45) is 0. The zero-order valence-electron chi connectivity index (χ0n) is 12.1. The summed E-state index contributed by atoms with van der Waals surface area (Å²) in [5.74, 6) is 1.24. The van der Waals surface area contributed by atoms with Gasteiger partial charge in [0.05, 0.1) is 11.4 Å². The second-order valence-corrected chi connectivity index (χ2v) is 5.67. The molecule has 0 spiro atoms. The van der Waals surface area contributed by atoms with Crippen LogP contribution in [0.5, 0.6) is 0 Å². The normalized spacial score (nSPS) is 10.6. The highest BCUT2D eigenvalue weighted by Crippen LogP contribution is 2.23. The van der Waals surface area contributed by atoms with Gasteiger partial charge >= 0.3 is 0 Å². The minimum absolute atomic E-state index is 0.0620. The minimum atomic E-state index is 0.0620. The summed E-state index contributed by atoms with van der Waals surface area (Å²) in [7, 11) is 3.50. The molecule has 20 heavy (non-hydrogen) atoms. The number of carbonyl (C=O) groups excluding carboxylic acids is 1. The maximum absolute atomic E-state index is 11.7. The van der Waals surface area contributed by atoms with Crippen LogP contribution in [0.4, 0.5) is 0 Å². The van der Waals surface area contributed by atoms with Crippen molar-refractivity contribution in [3.8, 4) is 5.69 Å². The van der Waals surface area contributed by atoms with Crippen molar-refractivity contribution >= 4 is 17.7 Å². The summed E-state index contributed by atoms with van der Waals surface area (Å²) in [6.45, 7) is 3.96. The summed E-state index contributed by atoms with van der Waals surface area (Å²) in [5, 5.41) is 9.04. The number of hydrogen-bond donors (Lipinski definition) is 0. The topological polar surface area (TPSA) is 51.0 Å². The SMILES string of the molecule is Cc1ccccc1-n1c(C)nnc1SCC(=O)N(C)C. The third kappa shape index (κ3) is 3.01. The summed E-state index contributed by atoms with van der Waals surface area (Å²) < 4.78 is 1.99. The molecule has 1 heterocycles. The van der Waals surface area contributed by atoms with E-state index < -0.39 is 0 Å². The van der Waals surface area contributed by atoms with Gasteiger partial charge in [-0.05, 0) is 25.5 Å². The Bertz CT molecular complexity index is 621. The first kappa shape index (κ1) is 14.6. The second kappa shape index (κ2) is 6.09. The lowest BCUT2D eigenvalue weighted by Gasteiger charge is -2.12. The van der Waals surface area contributed by atoms with Gasteiger partial charge in [-0.25, -0.2) is 0 Å². The highest BCUT2D eigenvalue weighted by molar-refractivity contribution is 7.99. The van der Waals surface area contributed by atoms with Gasteiger partial charge in [0.1, 0.15) is 5.82 Å². The molecule has 6 heteroatoms. The van der Waals surface area contributed by atoms with Crippen LogP contribution in [0.15, 0.2) is 29.4 Å². The smallest absolute Gasteiger partial charge is 0.232 e. The van der Waals surface area contributed by atoms with Crippen molar-refractivity contribution in [2.45, 2.75) is 19.0 Å². The van der Waals surface area contributed by atoms with E-state index in [0.29, 0.717) is 5.75 Å². The van der Waals surface area contributed by atoms with E-state index in [1.54, 1.807) is 19.0 Å². The van der Waals surface area contributed by atoms with E-state index in [2.05, 4.69) is 10.2 Å². The largest absolute Gasteiger partial charge is 0.348 e. The molecule has 106 valence electrons. The number of nitrogens with zero attached hydrogens (tertiary/aromatic N) is 4. The zero-order chi connectivity index (χ0) is 14.7. The van der Waals surface area contributed by atoms with E-state index in [-0.39, 0.29) is 5.91 Å². The maximum Gasteiger partial charge on any atom is 0.232 e. The zero-order valence-corrected chi connectivity index (χ0v) is 12.9. The van der Waals surface area contributed by atoms with Crippen LogP contribution in [-0.4, -0.2) is 45.4 Å². The highest BCUT2D eigenvalue weighted by atomic mass is 32.2. The Hall–Kier alpha value is -1.82. The Balaban J connectivity index is 2.29. The second-order valence-electron chi connectivity index (χ2n) is 4.73. The highest BCUT2D eigenvalue weighted by Gasteiger charge is 2.14. The predicted molar refractivity (Wildman–Crippen MR) is 80.3 cm³/mol. The number of carbonyl (C=O) groups is 1. The third-order valence-corrected chi connectivity index (χ3v) is 3.89. The van der Waals surface area contributed by atoms with E-state index in [0.717, 1.165) is 22.2 Å². The van der Waals surface area contributed by atoms with Gasteiger partial charge in [-0.1, -0.05) is 30.0 Å². The summed E-state index contributed by atoms with van der Waals surface area (Å²) in [4.78, 5) is 13.3. The molecule has 0 aliphatic heterocycles. The monoisotopic (exact) mass is 290 g/mol. The molecule has 0 saturated heterocycles. The Morgan fingerprint density at radius 1 is 1.25 bits per heavy atom. The standard InChI is InChI=1S/C14H18N4OS/c1-10-7-5-6-8-12(10)18-11(2)15-16-14(18)20-9-13(19)17(3)4/h5-8H,9H2,1-4H3. The molecule has 0 N–H and O–H groups in total. The summed E-state index contributed by atoms with van der Waals surface area (Å²) in [5.41, 5.74) is 2.20. The molecular formula is C14H18N4OS. The van der Waals surface area contributed by atoms with Crippen LogP contribution in [-0.2, 0) is 4.79 Å². The average Bonchev–Trinajstić information content (AvgIpc) is 2.77. The predicted octanol–water partition coefficient (Wildman–Crippen LogP) is 2.06. The fourth-order valence-electron chi connectivity index (χ4n) is 1.78. The third-order valence-electron chi connectivity index (χ3n) is 2.98. The molecular weight excluding hydrogens is 272 g/mol. The fourth-order valence-corrected chi connectivity index (χ4v) is 2.75. The number of aromatic nitrogens is 3. The van der Waals surface area contributed by atoms with Crippen molar-refractivity contribution in [1.82, 2.24) is 19.7 Å². The molecule has 0 aliphatic carbocycles. The van der Waals surface area contributed by atoms with Crippen molar-refractivity contribution in [2.75, 3.05) is 19.8 Å². The van der Waals surface area contributed by atoms with Crippen molar-refractivity contribution in [1.29, 1.82) is 0 Å². The van der Waals surface area contributed by atoms with Gasteiger partial charge in [0, 0.05) is 14.1 Å². The molecule has 0 fully saturated rings. The van der Waals surface area contributed by atoms with E-state index in [9.17, 15) is 4.79 Å². The van der Waals surface area contributed by atoms with Gasteiger partial charge in [0.2, 0.25) is 5.91 Å². The van der Waals surface area contributed by atoms with Crippen LogP contribution in [0.25, 0.3) is 5.69 Å². The molecule has 2 rings (SSSR count). The Kier molecular flexibility index (Phi) is 4.44. The molecule has 5 nitrogen and oxygen atoms in total. The van der Waals surface area contributed by atoms with Gasteiger partial charge in [0.15, 0.2) is 5.16 Å². The first-order valence-electron chi connectivity index (χ1n) is 6.31. The molecule has 0 aliphatic rings. The van der Waals surface area contributed by atoms with Gasteiger partial charge in [-0.2, -0.15) is 0 Å². The van der Waals surface area contributed by atoms with E-state index in [1.165, 1.54) is 11.8 Å². The van der Waals surface area contributed by atoms with Crippen LogP contribution in [0, 0.1) is 13.8 Å². The van der Waals surface area contributed by atoms with E-state index in [1.807, 2.05) is 42.7 Å². The number of para-hydroxylation sites is 1. The van der Waals surface area contributed by atoms with Crippen molar-refractivity contribution in [3.05, 3.63) is 35.7 Å². The molecule has 1 aromatic carbocycles. The van der Waals surface area contributed by atoms with Gasteiger partial charge in [-0.15, -0.1) is 10.2 Å². The van der Waals surface area contributed by atoms with Gasteiger partial charge in [-0.3, -0.25) is 9.36 Å². The Labute approximate surface area is 123 Å². The Morgan fingerprint density at radius 2 is 1.95 bits per heavy atom. The summed E-state index contributed by atoms with van der Waals surface area (Å²) in [6, 6.07) is 8.07. The number of benzene rings is 1. The number of hydrogen-bond acceptors (Lipinski definition) is 4. The molecule has 0 bridgehead atoms. The molecule has 2 aromatic rings. The number of rotatable bonds is 4. The number of aryl methyl sites for hydroxylation is 2. The van der Waals surface area contributed by atoms with Crippen LogP contribution >= 0.6 is 11.8 Å². The van der Waals surface area contributed by atoms with Crippen molar-refractivity contribution < 1.29 is 4.79 Å². The molecule has 1 aromatic heterocycles. The van der Waals surface area contributed by atoms with Gasteiger partial charge in [0.25, 0.3) is 0 Å². The van der Waals surface area contributed by atoms with E-state index >= 15 is 0 Å². The molecule has 1 amide bonds. The molecule has 0 atom stereocenters. The fraction of sp³-hybridized carbons (Fsp3) is 0.357. The molecule has 0 radical (unpaired) electrons. The van der Waals surface area contributed by atoms with Crippen LogP contribution in [0.1, 0.15) is 11.4 Å². The van der Waals surface area contributed by atoms with Crippen LogP contribution < -0.4 is 0 Å². The Morgan fingerprint density at radius 3 is 2.60 bits per heavy atom. The number of thioether (sulfide) groups is 1. The molecule has 0 unspecified atom stereocenters. The van der Waals surface area contributed by atoms with Crippen LogP contribution in [0.2, 0.25) is 0 Å². The molecule has 0 saturated carbocycles. The lowest BCUT2D eigenvalue weighted by molar-refractivity contribution is -0.125.